The largest absolute Gasteiger partial charge is 0.444 e. The number of amides is 2. The maximum absolute atomic E-state index is 12.2. The van der Waals surface area contributed by atoms with E-state index in [0.29, 0.717) is 19.6 Å². The number of nitrogens with zero attached hydrogens (tertiary/aromatic N) is 2. The van der Waals surface area contributed by atoms with Gasteiger partial charge in [0, 0.05) is 19.1 Å². The summed E-state index contributed by atoms with van der Waals surface area (Å²) < 4.78 is 5.44. The smallest absolute Gasteiger partial charge is 0.410 e. The summed E-state index contributed by atoms with van der Waals surface area (Å²) in [7, 11) is 0. The zero-order valence-corrected chi connectivity index (χ0v) is 14.5. The van der Waals surface area contributed by atoms with Crippen molar-refractivity contribution >= 4 is 23.4 Å². The molecule has 6 nitrogen and oxygen atoms in total. The number of fused-ring (bicyclic) bond motifs is 1. The molecule has 0 saturated carbocycles. The number of rotatable bonds is 1. The van der Waals surface area contributed by atoms with Crippen LogP contribution in [0.15, 0.2) is 24.3 Å². The molecule has 0 atom stereocenters. The maximum Gasteiger partial charge on any atom is 0.410 e. The SMILES string of the molecule is CC(C)(C)OC(=O)N1CCC(N2CC(=O)Nc3ccccc32)CC1. The summed E-state index contributed by atoms with van der Waals surface area (Å²) in [4.78, 5) is 28.1. The van der Waals surface area contributed by atoms with E-state index in [-0.39, 0.29) is 18.0 Å². The number of anilines is 2. The standard InChI is InChI=1S/C18H25N3O3/c1-18(2,3)24-17(23)20-10-8-13(9-11-20)21-12-16(22)19-14-6-4-5-7-15(14)21/h4-7,13H,8-12H2,1-3H3,(H,19,22). The Balaban J connectivity index is 1.65. The van der Waals surface area contributed by atoms with Crippen molar-refractivity contribution in [2.45, 2.75) is 45.3 Å². The monoisotopic (exact) mass is 331 g/mol. The highest BCUT2D eigenvalue weighted by molar-refractivity contribution is 6.01. The van der Waals surface area contributed by atoms with Crippen molar-refractivity contribution in [1.29, 1.82) is 0 Å². The summed E-state index contributed by atoms with van der Waals surface area (Å²) in [5, 5.41) is 2.92. The summed E-state index contributed by atoms with van der Waals surface area (Å²) >= 11 is 0. The molecule has 24 heavy (non-hydrogen) atoms. The third-order valence-corrected chi connectivity index (χ3v) is 4.36. The van der Waals surface area contributed by atoms with Crippen LogP contribution in [-0.2, 0) is 9.53 Å². The summed E-state index contributed by atoms with van der Waals surface area (Å²) in [5.74, 6) is 0.0169. The van der Waals surface area contributed by atoms with Gasteiger partial charge in [-0.2, -0.15) is 0 Å². The van der Waals surface area contributed by atoms with Crippen LogP contribution in [0.3, 0.4) is 0 Å². The molecule has 0 aliphatic carbocycles. The normalized spacial score (nSPS) is 18.9. The van der Waals surface area contributed by atoms with Crippen LogP contribution >= 0.6 is 0 Å². The molecule has 0 unspecified atom stereocenters. The summed E-state index contributed by atoms with van der Waals surface area (Å²) in [5.41, 5.74) is 1.45. The molecule has 0 radical (unpaired) electrons. The van der Waals surface area contributed by atoms with Gasteiger partial charge in [0.15, 0.2) is 0 Å². The van der Waals surface area contributed by atoms with E-state index in [0.717, 1.165) is 24.2 Å². The lowest BCUT2D eigenvalue weighted by atomic mass is 10.0. The summed E-state index contributed by atoms with van der Waals surface area (Å²) in [6.07, 6.45) is 1.42. The van der Waals surface area contributed by atoms with Crippen LogP contribution in [0.5, 0.6) is 0 Å². The van der Waals surface area contributed by atoms with Crippen LogP contribution in [0.2, 0.25) is 0 Å². The molecule has 2 aliphatic rings. The first-order valence-corrected chi connectivity index (χ1v) is 8.47. The Bertz CT molecular complexity index is 631. The number of benzene rings is 1. The lowest BCUT2D eigenvalue weighted by molar-refractivity contribution is -0.115. The van der Waals surface area contributed by atoms with Gasteiger partial charge in [-0.05, 0) is 45.7 Å². The molecule has 3 rings (SSSR count). The fourth-order valence-corrected chi connectivity index (χ4v) is 3.27. The molecule has 1 fully saturated rings. The fraction of sp³-hybridized carbons (Fsp3) is 0.556. The van der Waals surface area contributed by atoms with Crippen molar-refractivity contribution in [1.82, 2.24) is 4.90 Å². The highest BCUT2D eigenvalue weighted by atomic mass is 16.6. The van der Waals surface area contributed by atoms with Gasteiger partial charge in [0.25, 0.3) is 0 Å². The van der Waals surface area contributed by atoms with Crippen molar-refractivity contribution in [3.05, 3.63) is 24.3 Å². The van der Waals surface area contributed by atoms with E-state index in [2.05, 4.69) is 10.2 Å². The predicted molar refractivity (Wildman–Crippen MR) is 93.2 cm³/mol. The number of ether oxygens (including phenoxy) is 1. The van der Waals surface area contributed by atoms with Crippen LogP contribution < -0.4 is 10.2 Å². The van der Waals surface area contributed by atoms with E-state index in [4.69, 9.17) is 4.74 Å². The summed E-state index contributed by atoms with van der Waals surface area (Å²) in [6.45, 7) is 7.30. The minimum absolute atomic E-state index is 0.0169. The zero-order chi connectivity index (χ0) is 17.3. The molecule has 2 amide bonds. The van der Waals surface area contributed by atoms with Gasteiger partial charge in [-0.1, -0.05) is 12.1 Å². The number of nitrogens with one attached hydrogen (secondary N) is 1. The number of hydrogen-bond donors (Lipinski definition) is 1. The number of hydrogen-bond acceptors (Lipinski definition) is 4. The Labute approximate surface area is 142 Å². The van der Waals surface area contributed by atoms with E-state index < -0.39 is 5.60 Å². The molecule has 130 valence electrons. The lowest BCUT2D eigenvalue weighted by Crippen LogP contribution is -2.51. The Kier molecular flexibility index (Phi) is 4.39. The van der Waals surface area contributed by atoms with Gasteiger partial charge in [-0.15, -0.1) is 0 Å². The molecule has 1 saturated heterocycles. The van der Waals surface area contributed by atoms with Gasteiger partial charge in [0.2, 0.25) is 5.91 Å². The molecule has 2 aliphatic heterocycles. The number of carbonyl (C=O) groups excluding carboxylic acids is 2. The maximum atomic E-state index is 12.2. The van der Waals surface area contributed by atoms with E-state index in [1.54, 1.807) is 4.90 Å². The Morgan fingerprint density at radius 1 is 1.21 bits per heavy atom. The zero-order valence-electron chi connectivity index (χ0n) is 14.5. The molecule has 1 aromatic carbocycles. The van der Waals surface area contributed by atoms with Gasteiger partial charge in [0.05, 0.1) is 17.9 Å². The van der Waals surface area contributed by atoms with Crippen molar-refractivity contribution < 1.29 is 14.3 Å². The Morgan fingerprint density at radius 3 is 2.54 bits per heavy atom. The molecule has 0 bridgehead atoms. The lowest BCUT2D eigenvalue weighted by Gasteiger charge is -2.41. The minimum Gasteiger partial charge on any atom is -0.444 e. The van der Waals surface area contributed by atoms with Gasteiger partial charge < -0.3 is 19.9 Å². The molecular weight excluding hydrogens is 306 g/mol. The molecule has 2 heterocycles. The number of carbonyl (C=O) groups is 2. The molecule has 6 heteroatoms. The summed E-state index contributed by atoms with van der Waals surface area (Å²) in [6, 6.07) is 8.13. The average Bonchev–Trinajstić information content (AvgIpc) is 2.52. The molecule has 0 aromatic heterocycles. The van der Waals surface area contributed by atoms with Gasteiger partial charge in [0.1, 0.15) is 5.60 Å². The number of para-hydroxylation sites is 2. The fourth-order valence-electron chi connectivity index (χ4n) is 3.27. The number of likely N-dealkylation sites (tertiary alicyclic amines) is 1. The van der Waals surface area contributed by atoms with E-state index in [9.17, 15) is 9.59 Å². The van der Waals surface area contributed by atoms with E-state index in [1.165, 1.54) is 0 Å². The van der Waals surface area contributed by atoms with Crippen LogP contribution in [-0.4, -0.2) is 48.2 Å². The van der Waals surface area contributed by atoms with Gasteiger partial charge in [-0.3, -0.25) is 4.79 Å². The van der Waals surface area contributed by atoms with E-state index in [1.807, 2.05) is 45.0 Å². The van der Waals surface area contributed by atoms with E-state index >= 15 is 0 Å². The second-order valence-electron chi connectivity index (χ2n) is 7.39. The number of piperidine rings is 1. The van der Waals surface area contributed by atoms with Crippen LogP contribution in [0.25, 0.3) is 0 Å². The van der Waals surface area contributed by atoms with Crippen molar-refractivity contribution in [3.63, 3.8) is 0 Å². The predicted octanol–water partition coefficient (Wildman–Crippen LogP) is 2.84. The Hall–Kier alpha value is -2.24. The van der Waals surface area contributed by atoms with Gasteiger partial charge in [-0.25, -0.2) is 4.79 Å². The minimum atomic E-state index is -0.474. The van der Waals surface area contributed by atoms with Crippen molar-refractivity contribution in [3.8, 4) is 0 Å². The first kappa shape index (κ1) is 16.6. The quantitative estimate of drug-likeness (QED) is 0.859. The third-order valence-electron chi connectivity index (χ3n) is 4.36. The highest BCUT2D eigenvalue weighted by Gasteiger charge is 2.32. The topological polar surface area (TPSA) is 61.9 Å². The molecule has 1 aromatic rings. The highest BCUT2D eigenvalue weighted by Crippen LogP contribution is 2.33. The first-order valence-electron chi connectivity index (χ1n) is 8.47. The second kappa shape index (κ2) is 6.34. The molecule has 1 N–H and O–H groups in total. The van der Waals surface area contributed by atoms with Gasteiger partial charge >= 0.3 is 6.09 Å². The Morgan fingerprint density at radius 2 is 1.88 bits per heavy atom. The second-order valence-corrected chi connectivity index (χ2v) is 7.39. The molecule has 0 spiro atoms. The van der Waals surface area contributed by atoms with Crippen LogP contribution in [0.4, 0.5) is 16.2 Å². The molecular formula is C18H25N3O3. The average molecular weight is 331 g/mol. The third kappa shape index (κ3) is 3.63. The van der Waals surface area contributed by atoms with Crippen molar-refractivity contribution in [2.75, 3.05) is 29.9 Å². The van der Waals surface area contributed by atoms with Crippen LogP contribution in [0, 0.1) is 0 Å². The first-order chi connectivity index (χ1) is 11.3. The van der Waals surface area contributed by atoms with Crippen molar-refractivity contribution in [2.24, 2.45) is 0 Å². The van der Waals surface area contributed by atoms with Crippen LogP contribution in [0.1, 0.15) is 33.6 Å².